The smallest absolute Gasteiger partial charge is 0.300 e. The van der Waals surface area contributed by atoms with Gasteiger partial charge in [-0.15, -0.1) is 0 Å². The zero-order valence-corrected chi connectivity index (χ0v) is 18.5. The first-order chi connectivity index (χ1) is 13.5. The zero-order valence-electron chi connectivity index (χ0n) is 15.4. The van der Waals surface area contributed by atoms with Crippen LogP contribution in [-0.2, 0) is 16.6 Å². The van der Waals surface area contributed by atoms with Crippen LogP contribution in [0.3, 0.4) is 0 Å². The SMILES string of the molecule is CC(=O)CCc1ccc(C2=NCC(c3cc(Cl)cc(Cl)c3)(C(F)(F)F)C2)cc1Br. The van der Waals surface area contributed by atoms with Crippen molar-refractivity contribution in [1.82, 2.24) is 0 Å². The number of hydrogen-bond donors (Lipinski definition) is 0. The predicted octanol–water partition coefficient (Wildman–Crippen LogP) is 6.97. The highest BCUT2D eigenvalue weighted by atomic mass is 79.9. The van der Waals surface area contributed by atoms with E-state index in [1.807, 2.05) is 6.07 Å². The van der Waals surface area contributed by atoms with E-state index in [1.54, 1.807) is 12.1 Å². The Morgan fingerprint density at radius 1 is 1.17 bits per heavy atom. The van der Waals surface area contributed by atoms with Crippen molar-refractivity contribution in [3.63, 3.8) is 0 Å². The molecule has 0 N–H and O–H groups in total. The van der Waals surface area contributed by atoms with E-state index in [1.165, 1.54) is 25.1 Å². The summed E-state index contributed by atoms with van der Waals surface area (Å²) in [7, 11) is 0. The average molecular weight is 507 g/mol. The molecular weight excluding hydrogens is 490 g/mol. The van der Waals surface area contributed by atoms with Crippen molar-refractivity contribution in [2.75, 3.05) is 6.54 Å². The first-order valence-electron chi connectivity index (χ1n) is 8.87. The summed E-state index contributed by atoms with van der Waals surface area (Å²) in [5, 5.41) is 0.310. The van der Waals surface area contributed by atoms with Crippen molar-refractivity contribution >= 4 is 50.6 Å². The molecule has 0 bridgehead atoms. The molecule has 0 fully saturated rings. The first-order valence-corrected chi connectivity index (χ1v) is 10.4. The third-order valence-electron chi connectivity index (χ3n) is 5.10. The quantitative estimate of drug-likeness (QED) is 0.430. The maximum absolute atomic E-state index is 14.2. The molecule has 0 spiro atoms. The number of aryl methyl sites for hydroxylation is 1. The molecule has 3 rings (SSSR count). The number of aliphatic imine (C=N–C) groups is 1. The number of ketones is 1. The van der Waals surface area contributed by atoms with E-state index in [9.17, 15) is 18.0 Å². The lowest BCUT2D eigenvalue weighted by molar-refractivity contribution is -0.183. The molecule has 154 valence electrons. The zero-order chi connectivity index (χ0) is 21.4. The number of carbonyl (C=O) groups excluding carboxylic acids is 1. The fourth-order valence-electron chi connectivity index (χ4n) is 3.44. The van der Waals surface area contributed by atoms with Gasteiger partial charge >= 0.3 is 6.18 Å². The van der Waals surface area contributed by atoms with E-state index < -0.39 is 18.1 Å². The summed E-state index contributed by atoms with van der Waals surface area (Å²) in [6.45, 7) is 1.10. The van der Waals surface area contributed by atoms with Gasteiger partial charge in [-0.25, -0.2) is 0 Å². The number of Topliss-reactive ketones (excluding diaryl/α,β-unsaturated/α-hetero) is 1. The van der Waals surface area contributed by atoms with Crippen molar-refractivity contribution in [2.45, 2.75) is 37.8 Å². The number of nitrogens with zero attached hydrogens (tertiary/aromatic N) is 1. The Kier molecular flexibility index (Phi) is 6.47. The summed E-state index contributed by atoms with van der Waals surface area (Å²) in [6, 6.07) is 9.33. The van der Waals surface area contributed by atoms with Crippen LogP contribution in [0, 0.1) is 0 Å². The molecule has 0 saturated heterocycles. The topological polar surface area (TPSA) is 29.4 Å². The van der Waals surface area contributed by atoms with Crippen LogP contribution >= 0.6 is 39.1 Å². The molecule has 0 amide bonds. The van der Waals surface area contributed by atoms with Gasteiger partial charge in [-0.1, -0.05) is 51.3 Å². The van der Waals surface area contributed by atoms with Gasteiger partial charge < -0.3 is 4.79 Å². The second kappa shape index (κ2) is 8.40. The van der Waals surface area contributed by atoms with E-state index in [2.05, 4.69) is 20.9 Å². The van der Waals surface area contributed by atoms with Gasteiger partial charge in [-0.05, 0) is 54.3 Å². The molecule has 0 saturated carbocycles. The van der Waals surface area contributed by atoms with Crippen LogP contribution in [0.15, 0.2) is 45.9 Å². The van der Waals surface area contributed by atoms with Crippen molar-refractivity contribution in [1.29, 1.82) is 0 Å². The van der Waals surface area contributed by atoms with Crippen LogP contribution in [0.25, 0.3) is 0 Å². The van der Waals surface area contributed by atoms with Crippen molar-refractivity contribution < 1.29 is 18.0 Å². The molecule has 0 aliphatic carbocycles. The molecule has 1 aliphatic rings. The molecule has 0 radical (unpaired) electrons. The molecule has 1 unspecified atom stereocenters. The number of carbonyl (C=O) groups is 1. The summed E-state index contributed by atoms with van der Waals surface area (Å²) < 4.78 is 43.3. The minimum Gasteiger partial charge on any atom is -0.300 e. The Morgan fingerprint density at radius 2 is 1.83 bits per heavy atom. The highest BCUT2D eigenvalue weighted by Gasteiger charge is 2.58. The molecule has 29 heavy (non-hydrogen) atoms. The molecule has 8 heteroatoms. The van der Waals surface area contributed by atoms with E-state index >= 15 is 0 Å². The Bertz CT molecular complexity index is 970. The monoisotopic (exact) mass is 505 g/mol. The van der Waals surface area contributed by atoms with Gasteiger partial charge in [0.1, 0.15) is 11.2 Å². The van der Waals surface area contributed by atoms with Crippen LogP contribution in [0.1, 0.15) is 36.5 Å². The average Bonchev–Trinajstić information content (AvgIpc) is 3.06. The highest BCUT2D eigenvalue weighted by Crippen LogP contribution is 2.48. The van der Waals surface area contributed by atoms with E-state index in [4.69, 9.17) is 23.2 Å². The van der Waals surface area contributed by atoms with E-state index in [-0.39, 0.29) is 27.8 Å². The molecule has 1 atom stereocenters. The van der Waals surface area contributed by atoms with Gasteiger partial charge in [-0.3, -0.25) is 4.99 Å². The number of halogens is 6. The van der Waals surface area contributed by atoms with Gasteiger partial charge in [0.05, 0.1) is 6.54 Å². The van der Waals surface area contributed by atoms with Crippen LogP contribution < -0.4 is 0 Å². The van der Waals surface area contributed by atoms with Crippen LogP contribution in [0.2, 0.25) is 10.0 Å². The van der Waals surface area contributed by atoms with Crippen molar-refractivity contribution in [3.8, 4) is 0 Å². The summed E-state index contributed by atoms with van der Waals surface area (Å²) >= 11 is 15.4. The Morgan fingerprint density at radius 3 is 2.38 bits per heavy atom. The molecule has 1 heterocycles. The lowest BCUT2D eigenvalue weighted by atomic mass is 9.76. The van der Waals surface area contributed by atoms with Crippen molar-refractivity contribution in [3.05, 3.63) is 67.6 Å². The summed E-state index contributed by atoms with van der Waals surface area (Å²) in [5.41, 5.74) is -0.249. The summed E-state index contributed by atoms with van der Waals surface area (Å²) in [4.78, 5) is 15.4. The molecular formula is C21H17BrCl2F3NO. The lowest BCUT2D eigenvalue weighted by Gasteiger charge is -2.31. The summed E-state index contributed by atoms with van der Waals surface area (Å²) in [6.07, 6.45) is -3.85. The normalized spacial score (nSPS) is 19.3. The minimum atomic E-state index is -4.52. The molecule has 2 aromatic carbocycles. The summed E-state index contributed by atoms with van der Waals surface area (Å²) in [5.74, 6) is 0.0799. The number of benzene rings is 2. The van der Waals surface area contributed by atoms with Crippen LogP contribution in [-0.4, -0.2) is 24.2 Å². The highest BCUT2D eigenvalue weighted by molar-refractivity contribution is 9.10. The second-order valence-electron chi connectivity index (χ2n) is 7.19. The van der Waals surface area contributed by atoms with Gasteiger partial charge in [0.2, 0.25) is 0 Å². The third-order valence-corrected chi connectivity index (χ3v) is 6.27. The van der Waals surface area contributed by atoms with E-state index in [0.717, 1.165) is 10.0 Å². The number of alkyl halides is 3. The number of hydrogen-bond acceptors (Lipinski definition) is 2. The predicted molar refractivity (Wildman–Crippen MR) is 113 cm³/mol. The fraction of sp³-hybridized carbons (Fsp3) is 0.333. The molecule has 0 aromatic heterocycles. The third kappa shape index (κ3) is 4.70. The van der Waals surface area contributed by atoms with Gasteiger partial charge in [0, 0.05) is 33.1 Å². The maximum atomic E-state index is 14.2. The Hall–Kier alpha value is -1.37. The largest absolute Gasteiger partial charge is 0.400 e. The first kappa shape index (κ1) is 22.3. The standard InChI is InChI=1S/C21H17BrCl2F3NO/c1-12(29)2-3-13-4-5-14(6-18(13)22)19-10-20(11-28-19,21(25,26)27)15-7-16(23)9-17(24)8-15/h4-9H,2-3,10-11H2,1H3. The Labute approximate surface area is 185 Å². The fourth-order valence-corrected chi connectivity index (χ4v) is 4.54. The van der Waals surface area contributed by atoms with Gasteiger partial charge in [-0.2, -0.15) is 13.2 Å². The van der Waals surface area contributed by atoms with Crippen LogP contribution in [0.5, 0.6) is 0 Å². The maximum Gasteiger partial charge on any atom is 0.400 e. The van der Waals surface area contributed by atoms with E-state index in [0.29, 0.717) is 24.1 Å². The number of rotatable bonds is 5. The lowest BCUT2D eigenvalue weighted by Crippen LogP contribution is -2.43. The van der Waals surface area contributed by atoms with Crippen molar-refractivity contribution in [2.24, 2.45) is 4.99 Å². The molecule has 1 aliphatic heterocycles. The molecule has 2 aromatic rings. The Balaban J connectivity index is 1.93. The second-order valence-corrected chi connectivity index (χ2v) is 8.91. The van der Waals surface area contributed by atoms with Gasteiger partial charge in [0.15, 0.2) is 0 Å². The minimum absolute atomic E-state index is 0.0124. The molecule has 2 nitrogen and oxygen atoms in total. The van der Waals surface area contributed by atoms with Crippen LogP contribution in [0.4, 0.5) is 13.2 Å². The van der Waals surface area contributed by atoms with Gasteiger partial charge in [0.25, 0.3) is 0 Å².